The van der Waals surface area contributed by atoms with Gasteiger partial charge >= 0.3 is 0 Å². The molecule has 0 aliphatic carbocycles. The first-order chi connectivity index (χ1) is 6.29. The molecule has 0 N–H and O–H groups in total. The molecule has 13 heavy (non-hydrogen) atoms. The van der Waals surface area contributed by atoms with Gasteiger partial charge in [-0.15, -0.1) is 10.2 Å². The number of nitrogens with zero attached hydrogens (tertiary/aromatic N) is 4. The van der Waals surface area contributed by atoms with Gasteiger partial charge in [0, 0.05) is 20.1 Å². The van der Waals surface area contributed by atoms with E-state index in [-0.39, 0.29) is 0 Å². The summed E-state index contributed by atoms with van der Waals surface area (Å²) >= 11 is 0. The van der Waals surface area contributed by atoms with Gasteiger partial charge in [-0.05, 0) is 19.3 Å². The summed E-state index contributed by atoms with van der Waals surface area (Å²) < 4.78 is 1.84. The summed E-state index contributed by atoms with van der Waals surface area (Å²) in [6, 6.07) is 0. The van der Waals surface area contributed by atoms with Gasteiger partial charge in [0.25, 0.3) is 0 Å². The van der Waals surface area contributed by atoms with Crippen molar-refractivity contribution < 1.29 is 0 Å². The molecule has 0 bridgehead atoms. The van der Waals surface area contributed by atoms with Gasteiger partial charge in [0.2, 0.25) is 5.95 Å². The molecule has 2 heterocycles. The molecule has 2 radical (unpaired) electrons. The number of piperidine rings is 1. The molecule has 1 aliphatic heterocycles. The van der Waals surface area contributed by atoms with Crippen LogP contribution in [0.15, 0.2) is 0 Å². The first-order valence-corrected chi connectivity index (χ1v) is 4.69. The van der Waals surface area contributed by atoms with Crippen LogP contribution in [-0.2, 0) is 7.05 Å². The van der Waals surface area contributed by atoms with Crippen molar-refractivity contribution in [2.45, 2.75) is 19.3 Å². The highest BCUT2D eigenvalue weighted by molar-refractivity contribution is 6.29. The summed E-state index contributed by atoms with van der Waals surface area (Å²) in [7, 11) is 7.51. The van der Waals surface area contributed by atoms with E-state index < -0.39 is 0 Å². The van der Waals surface area contributed by atoms with Gasteiger partial charge in [-0.25, -0.2) is 0 Å². The van der Waals surface area contributed by atoms with Gasteiger partial charge < -0.3 is 9.47 Å². The highest BCUT2D eigenvalue weighted by Crippen LogP contribution is 2.14. The third kappa shape index (κ3) is 1.55. The van der Waals surface area contributed by atoms with Crippen molar-refractivity contribution in [2.75, 3.05) is 18.0 Å². The Morgan fingerprint density at radius 2 is 1.85 bits per heavy atom. The molecule has 1 aromatic rings. The van der Waals surface area contributed by atoms with Crippen LogP contribution in [0.5, 0.6) is 0 Å². The Kier molecular flexibility index (Phi) is 2.25. The largest absolute Gasteiger partial charge is 0.341 e. The van der Waals surface area contributed by atoms with Crippen molar-refractivity contribution in [1.29, 1.82) is 0 Å². The van der Waals surface area contributed by atoms with E-state index in [2.05, 4.69) is 15.1 Å². The molecular weight excluding hydrogens is 163 g/mol. The lowest BCUT2D eigenvalue weighted by molar-refractivity contribution is 0.562. The molecular formula is C8H13BN4. The molecule has 1 aliphatic rings. The molecule has 0 spiro atoms. The van der Waals surface area contributed by atoms with Crippen LogP contribution < -0.4 is 10.6 Å². The average molecular weight is 176 g/mol. The Morgan fingerprint density at radius 1 is 1.15 bits per heavy atom. The highest BCUT2D eigenvalue weighted by atomic mass is 15.4. The summed E-state index contributed by atoms with van der Waals surface area (Å²) in [6.07, 6.45) is 3.81. The highest BCUT2D eigenvalue weighted by Gasteiger charge is 2.15. The Morgan fingerprint density at radius 3 is 2.38 bits per heavy atom. The quantitative estimate of drug-likeness (QED) is 0.546. The fourth-order valence-electron chi connectivity index (χ4n) is 1.70. The maximum atomic E-state index is 5.61. The molecule has 5 heteroatoms. The van der Waals surface area contributed by atoms with E-state index in [0.717, 1.165) is 19.0 Å². The first-order valence-electron chi connectivity index (χ1n) is 4.69. The third-order valence-corrected chi connectivity index (χ3v) is 2.52. The lowest BCUT2D eigenvalue weighted by atomic mass is 10.1. The van der Waals surface area contributed by atoms with Crippen molar-refractivity contribution in [3.63, 3.8) is 0 Å². The molecule has 1 fully saturated rings. The molecule has 0 aromatic carbocycles. The smallest absolute Gasteiger partial charge is 0.226 e. The monoisotopic (exact) mass is 176 g/mol. The third-order valence-electron chi connectivity index (χ3n) is 2.52. The van der Waals surface area contributed by atoms with E-state index in [9.17, 15) is 0 Å². The van der Waals surface area contributed by atoms with Crippen molar-refractivity contribution in [2.24, 2.45) is 7.05 Å². The maximum absolute atomic E-state index is 5.61. The normalized spacial score (nSPS) is 17.8. The second kappa shape index (κ2) is 3.40. The average Bonchev–Trinajstić information content (AvgIpc) is 2.49. The Labute approximate surface area is 79.4 Å². The predicted molar refractivity (Wildman–Crippen MR) is 52.5 cm³/mol. The van der Waals surface area contributed by atoms with Crippen LogP contribution in [0, 0.1) is 0 Å². The number of aromatic nitrogens is 3. The fraction of sp³-hybridized carbons (Fsp3) is 0.750. The van der Waals surface area contributed by atoms with Crippen molar-refractivity contribution in [3.8, 4) is 0 Å². The molecule has 0 saturated carbocycles. The summed E-state index contributed by atoms with van der Waals surface area (Å²) in [6.45, 7) is 2.15. The molecule has 4 nitrogen and oxygen atoms in total. The molecule has 0 amide bonds. The molecule has 1 saturated heterocycles. The zero-order chi connectivity index (χ0) is 9.26. The first kappa shape index (κ1) is 8.60. The Bertz CT molecular complexity index is 290. The fourth-order valence-corrected chi connectivity index (χ4v) is 1.70. The lowest BCUT2D eigenvalue weighted by Gasteiger charge is -2.26. The molecule has 68 valence electrons. The van der Waals surface area contributed by atoms with Gasteiger partial charge in [0.05, 0.1) is 5.72 Å². The maximum Gasteiger partial charge on any atom is 0.226 e. The van der Waals surface area contributed by atoms with Crippen LogP contribution in [0.3, 0.4) is 0 Å². The topological polar surface area (TPSA) is 34.0 Å². The summed E-state index contributed by atoms with van der Waals surface area (Å²) in [5.41, 5.74) is 0.487. The molecule has 2 rings (SSSR count). The number of hydrogen-bond acceptors (Lipinski definition) is 3. The number of hydrogen-bond donors (Lipinski definition) is 0. The van der Waals surface area contributed by atoms with E-state index in [0.29, 0.717) is 5.72 Å². The number of rotatable bonds is 1. The van der Waals surface area contributed by atoms with Crippen LogP contribution in [0.4, 0.5) is 5.95 Å². The van der Waals surface area contributed by atoms with Gasteiger partial charge in [-0.3, -0.25) is 0 Å². The van der Waals surface area contributed by atoms with Gasteiger partial charge in [0.15, 0.2) is 7.85 Å². The second-order valence-electron chi connectivity index (χ2n) is 3.46. The number of anilines is 1. The second-order valence-corrected chi connectivity index (χ2v) is 3.46. The molecule has 0 atom stereocenters. The van der Waals surface area contributed by atoms with Gasteiger partial charge in [0.1, 0.15) is 0 Å². The lowest BCUT2D eigenvalue weighted by Crippen LogP contribution is -2.32. The van der Waals surface area contributed by atoms with Crippen molar-refractivity contribution in [3.05, 3.63) is 0 Å². The Balaban J connectivity index is 2.18. The van der Waals surface area contributed by atoms with Crippen LogP contribution in [-0.4, -0.2) is 35.7 Å². The van der Waals surface area contributed by atoms with E-state index in [1.807, 2.05) is 11.6 Å². The minimum atomic E-state index is 0.487. The van der Waals surface area contributed by atoms with Crippen LogP contribution >= 0.6 is 0 Å². The minimum absolute atomic E-state index is 0.487. The molecule has 0 unspecified atom stereocenters. The van der Waals surface area contributed by atoms with E-state index in [4.69, 9.17) is 7.85 Å². The van der Waals surface area contributed by atoms with E-state index in [1.165, 1.54) is 19.3 Å². The zero-order valence-electron chi connectivity index (χ0n) is 7.90. The zero-order valence-corrected chi connectivity index (χ0v) is 7.90. The SMILES string of the molecule is [B]c1nnc(N2CCCCC2)n1C. The summed E-state index contributed by atoms with van der Waals surface area (Å²) in [4.78, 5) is 2.24. The molecule has 1 aromatic heterocycles. The summed E-state index contributed by atoms with van der Waals surface area (Å²) in [5.74, 6) is 0.900. The predicted octanol–water partition coefficient (Wildman–Crippen LogP) is -0.401. The van der Waals surface area contributed by atoms with Crippen LogP contribution in [0.1, 0.15) is 19.3 Å². The minimum Gasteiger partial charge on any atom is -0.341 e. The van der Waals surface area contributed by atoms with Crippen LogP contribution in [0.25, 0.3) is 0 Å². The van der Waals surface area contributed by atoms with Gasteiger partial charge in [-0.1, -0.05) is 0 Å². The standard InChI is InChI=1S/C8H13BN4/c1-12-7(9)10-11-8(12)13-5-3-2-4-6-13/h2-6H2,1H3. The van der Waals surface area contributed by atoms with E-state index >= 15 is 0 Å². The van der Waals surface area contributed by atoms with Crippen LogP contribution in [0.2, 0.25) is 0 Å². The van der Waals surface area contributed by atoms with E-state index in [1.54, 1.807) is 0 Å². The summed E-state index contributed by atoms with van der Waals surface area (Å²) in [5, 5.41) is 7.89. The van der Waals surface area contributed by atoms with Crippen molar-refractivity contribution in [1.82, 2.24) is 14.8 Å². The van der Waals surface area contributed by atoms with Gasteiger partial charge in [-0.2, -0.15) is 0 Å². The van der Waals surface area contributed by atoms with Crippen molar-refractivity contribution >= 4 is 19.5 Å². The Hall–Kier alpha value is -0.995.